The van der Waals surface area contributed by atoms with Gasteiger partial charge in [0.2, 0.25) is 0 Å². The minimum atomic E-state index is -0.0361. The smallest absolute Gasteiger partial charge is 0.134 e. The molecule has 2 aromatic carbocycles. The van der Waals surface area contributed by atoms with Crippen molar-refractivity contribution < 1.29 is 4.39 Å². The number of aryl methyl sites for hydroxylation is 1. The predicted octanol–water partition coefficient (Wildman–Crippen LogP) is 8.98. The van der Waals surface area contributed by atoms with E-state index in [4.69, 9.17) is 0 Å². The Hall–Kier alpha value is -1.63. The summed E-state index contributed by atoms with van der Waals surface area (Å²) in [5.41, 5.74) is 2.25. The third-order valence-electron chi connectivity index (χ3n) is 8.08. The van der Waals surface area contributed by atoms with Gasteiger partial charge in [-0.25, -0.2) is 4.39 Å². The minimum absolute atomic E-state index is 0.0361. The zero-order valence-electron chi connectivity index (χ0n) is 18.8. The van der Waals surface area contributed by atoms with Crippen LogP contribution in [0.25, 0.3) is 10.8 Å². The van der Waals surface area contributed by atoms with Crippen LogP contribution in [0, 0.1) is 23.6 Å². The van der Waals surface area contributed by atoms with E-state index in [1.807, 2.05) is 18.2 Å². The number of allylic oxidation sites excluding steroid dienone is 1. The molecule has 0 spiro atoms. The fraction of sp³-hybridized carbons (Fsp3) is 0.586. The highest BCUT2D eigenvalue weighted by molar-refractivity contribution is 5.84. The molecule has 4 atom stereocenters. The van der Waals surface area contributed by atoms with Crippen molar-refractivity contribution in [2.75, 3.05) is 0 Å². The van der Waals surface area contributed by atoms with E-state index in [0.29, 0.717) is 5.92 Å². The molecule has 0 nitrogen and oxygen atoms in total. The topological polar surface area (TPSA) is 0 Å². The molecule has 4 unspecified atom stereocenters. The van der Waals surface area contributed by atoms with Gasteiger partial charge in [-0.1, -0.05) is 75.4 Å². The van der Waals surface area contributed by atoms with Crippen LogP contribution in [0.15, 0.2) is 43.0 Å². The Morgan fingerprint density at radius 1 is 1.00 bits per heavy atom. The highest BCUT2D eigenvalue weighted by Gasteiger charge is 2.35. The van der Waals surface area contributed by atoms with Gasteiger partial charge in [0, 0.05) is 5.39 Å². The summed E-state index contributed by atoms with van der Waals surface area (Å²) in [4.78, 5) is 0. The van der Waals surface area contributed by atoms with Gasteiger partial charge in [-0.05, 0) is 85.1 Å². The summed E-state index contributed by atoms with van der Waals surface area (Å²) in [6.07, 6.45) is 17.5. The fourth-order valence-electron chi connectivity index (χ4n) is 6.29. The molecule has 2 aromatic rings. The average molecular weight is 407 g/mol. The monoisotopic (exact) mass is 406 g/mol. The highest BCUT2D eigenvalue weighted by atomic mass is 19.1. The van der Waals surface area contributed by atoms with Crippen molar-refractivity contribution in [3.8, 4) is 0 Å². The van der Waals surface area contributed by atoms with Gasteiger partial charge in [-0.3, -0.25) is 0 Å². The second-order valence-electron chi connectivity index (χ2n) is 10.1. The number of halogens is 1. The SMILES string of the molecule is C=CCCc1ccc2cc(C3CCC4CC(CCCCC)CCC4C3)ccc2c1F. The fourth-order valence-corrected chi connectivity index (χ4v) is 6.29. The Kier molecular flexibility index (Phi) is 7.28. The normalized spacial score (nSPS) is 26.5. The van der Waals surface area contributed by atoms with Crippen LogP contribution < -0.4 is 0 Å². The van der Waals surface area contributed by atoms with Crippen molar-refractivity contribution in [3.05, 3.63) is 59.9 Å². The van der Waals surface area contributed by atoms with Crippen LogP contribution in [0.1, 0.15) is 94.6 Å². The van der Waals surface area contributed by atoms with Crippen LogP contribution >= 0.6 is 0 Å². The molecule has 0 N–H and O–H groups in total. The molecule has 2 aliphatic carbocycles. The molecule has 0 heterocycles. The van der Waals surface area contributed by atoms with Gasteiger partial charge in [0.25, 0.3) is 0 Å². The van der Waals surface area contributed by atoms with Crippen molar-refractivity contribution in [2.24, 2.45) is 17.8 Å². The lowest BCUT2D eigenvalue weighted by molar-refractivity contribution is 0.113. The highest BCUT2D eigenvalue weighted by Crippen LogP contribution is 2.48. The number of hydrogen-bond donors (Lipinski definition) is 0. The van der Waals surface area contributed by atoms with Crippen molar-refractivity contribution in [2.45, 2.75) is 89.9 Å². The second kappa shape index (κ2) is 10.1. The van der Waals surface area contributed by atoms with Crippen LogP contribution in [0.3, 0.4) is 0 Å². The number of unbranched alkanes of at least 4 members (excludes halogenated alkanes) is 2. The van der Waals surface area contributed by atoms with Gasteiger partial charge in [0.1, 0.15) is 5.82 Å². The summed E-state index contributed by atoms with van der Waals surface area (Å²) in [6, 6.07) is 10.6. The molecule has 2 saturated carbocycles. The van der Waals surface area contributed by atoms with Crippen LogP contribution in [-0.2, 0) is 6.42 Å². The number of fused-ring (bicyclic) bond motifs is 2. The summed E-state index contributed by atoms with van der Waals surface area (Å²) in [7, 11) is 0. The van der Waals surface area contributed by atoms with E-state index in [0.717, 1.165) is 46.9 Å². The maximum atomic E-state index is 14.9. The number of hydrogen-bond acceptors (Lipinski definition) is 0. The van der Waals surface area contributed by atoms with Crippen LogP contribution in [0.4, 0.5) is 4.39 Å². The second-order valence-corrected chi connectivity index (χ2v) is 10.1. The first-order valence-electron chi connectivity index (χ1n) is 12.5. The summed E-state index contributed by atoms with van der Waals surface area (Å²) >= 11 is 0. The Morgan fingerprint density at radius 3 is 2.67 bits per heavy atom. The van der Waals surface area contributed by atoms with E-state index < -0.39 is 0 Å². The summed E-state index contributed by atoms with van der Waals surface area (Å²) in [5, 5.41) is 1.84. The van der Waals surface area contributed by atoms with Crippen molar-refractivity contribution in [1.29, 1.82) is 0 Å². The molecule has 0 aliphatic heterocycles. The van der Waals surface area contributed by atoms with E-state index in [9.17, 15) is 4.39 Å². The van der Waals surface area contributed by atoms with E-state index >= 15 is 0 Å². The van der Waals surface area contributed by atoms with Crippen molar-refractivity contribution >= 4 is 10.8 Å². The van der Waals surface area contributed by atoms with Crippen LogP contribution in [0.5, 0.6) is 0 Å². The Balaban J connectivity index is 1.41. The molecule has 2 fully saturated rings. The Bertz CT molecular complexity index is 851. The van der Waals surface area contributed by atoms with E-state index in [1.54, 1.807) is 0 Å². The molecule has 162 valence electrons. The maximum absolute atomic E-state index is 14.9. The number of rotatable bonds is 8. The lowest BCUT2D eigenvalue weighted by Crippen LogP contribution is -2.30. The first-order chi connectivity index (χ1) is 14.7. The first kappa shape index (κ1) is 21.6. The van der Waals surface area contributed by atoms with E-state index in [-0.39, 0.29) is 5.82 Å². The predicted molar refractivity (Wildman–Crippen MR) is 127 cm³/mol. The zero-order valence-corrected chi connectivity index (χ0v) is 18.8. The maximum Gasteiger partial charge on any atom is 0.134 e. The van der Waals surface area contributed by atoms with Gasteiger partial charge < -0.3 is 0 Å². The average Bonchev–Trinajstić information content (AvgIpc) is 2.78. The van der Waals surface area contributed by atoms with Gasteiger partial charge >= 0.3 is 0 Å². The molecule has 0 saturated heterocycles. The molecule has 0 radical (unpaired) electrons. The number of benzene rings is 2. The van der Waals surface area contributed by atoms with Crippen molar-refractivity contribution in [3.63, 3.8) is 0 Å². The minimum Gasteiger partial charge on any atom is -0.206 e. The van der Waals surface area contributed by atoms with Gasteiger partial charge in [-0.2, -0.15) is 0 Å². The summed E-state index contributed by atoms with van der Waals surface area (Å²) in [5.74, 6) is 3.50. The third-order valence-corrected chi connectivity index (χ3v) is 8.08. The Labute approximate surface area is 183 Å². The molecule has 2 aliphatic rings. The molecule has 30 heavy (non-hydrogen) atoms. The van der Waals surface area contributed by atoms with Crippen molar-refractivity contribution in [1.82, 2.24) is 0 Å². The summed E-state index contributed by atoms with van der Waals surface area (Å²) < 4.78 is 14.9. The van der Waals surface area contributed by atoms with Gasteiger partial charge in [0.05, 0.1) is 0 Å². The molecular formula is C29H39F. The molecule has 0 aromatic heterocycles. The molecule has 0 amide bonds. The lowest BCUT2D eigenvalue weighted by atomic mass is 9.63. The quantitative estimate of drug-likeness (QED) is 0.303. The molecule has 1 heteroatoms. The van der Waals surface area contributed by atoms with Gasteiger partial charge in [0.15, 0.2) is 0 Å². The zero-order chi connectivity index (χ0) is 20.9. The van der Waals surface area contributed by atoms with Crippen LogP contribution in [0.2, 0.25) is 0 Å². The first-order valence-corrected chi connectivity index (χ1v) is 12.5. The van der Waals surface area contributed by atoms with Gasteiger partial charge in [-0.15, -0.1) is 6.58 Å². The standard InChI is InChI=1S/C29H39F/c1-3-5-7-8-21-10-11-24-19-25(14-13-23(24)18-21)26-16-17-28-27(20-26)15-12-22(29(28)30)9-6-4-2/h4,12,15-17,20-21,23-25H,2-3,5-11,13-14,18-19H2,1H3. The molecule has 4 rings (SSSR count). The van der Waals surface area contributed by atoms with Crippen LogP contribution in [-0.4, -0.2) is 0 Å². The molecule has 0 bridgehead atoms. The largest absolute Gasteiger partial charge is 0.206 e. The Morgan fingerprint density at radius 2 is 1.83 bits per heavy atom. The van der Waals surface area contributed by atoms with E-state index in [2.05, 4.69) is 31.7 Å². The lowest BCUT2D eigenvalue weighted by Gasteiger charge is -2.42. The third kappa shape index (κ3) is 4.82. The van der Waals surface area contributed by atoms with E-state index in [1.165, 1.54) is 69.8 Å². The summed E-state index contributed by atoms with van der Waals surface area (Å²) in [6.45, 7) is 6.06. The molecular weight excluding hydrogens is 367 g/mol.